The SMILES string of the molecule is CCC(=O)Oc1cnc(Cl)nc1Cl. The fourth-order valence-corrected chi connectivity index (χ4v) is 0.937. The molecule has 0 amide bonds. The number of hydrogen-bond donors (Lipinski definition) is 0. The lowest BCUT2D eigenvalue weighted by Crippen LogP contribution is -2.06. The molecule has 0 saturated carbocycles. The number of esters is 1. The zero-order chi connectivity index (χ0) is 9.84. The second-order valence-corrected chi connectivity index (χ2v) is 2.82. The Bertz CT molecular complexity index is 330. The van der Waals surface area contributed by atoms with Gasteiger partial charge in [0.05, 0.1) is 6.20 Å². The van der Waals surface area contributed by atoms with E-state index in [9.17, 15) is 4.79 Å². The predicted molar refractivity (Wildman–Crippen MR) is 48.0 cm³/mol. The van der Waals surface area contributed by atoms with Crippen LogP contribution in [0.3, 0.4) is 0 Å². The summed E-state index contributed by atoms with van der Waals surface area (Å²) in [5, 5.41) is 0.0445. The molecule has 0 radical (unpaired) electrons. The molecule has 6 heteroatoms. The lowest BCUT2D eigenvalue weighted by molar-refractivity contribution is -0.134. The molecule has 0 N–H and O–H groups in total. The maximum atomic E-state index is 10.8. The van der Waals surface area contributed by atoms with Crippen molar-refractivity contribution in [3.63, 3.8) is 0 Å². The molecule has 0 unspecified atom stereocenters. The number of nitrogens with zero attached hydrogens (tertiary/aromatic N) is 2. The zero-order valence-electron chi connectivity index (χ0n) is 6.75. The third kappa shape index (κ3) is 2.82. The van der Waals surface area contributed by atoms with Crippen LogP contribution in [0.5, 0.6) is 5.75 Å². The number of aromatic nitrogens is 2. The topological polar surface area (TPSA) is 52.1 Å². The van der Waals surface area contributed by atoms with Crippen LogP contribution in [0.1, 0.15) is 13.3 Å². The first-order valence-corrected chi connectivity index (χ1v) is 4.27. The van der Waals surface area contributed by atoms with Crippen LogP contribution in [0.25, 0.3) is 0 Å². The van der Waals surface area contributed by atoms with Crippen molar-refractivity contribution in [3.8, 4) is 5.75 Å². The maximum absolute atomic E-state index is 10.8. The van der Waals surface area contributed by atoms with Gasteiger partial charge in [-0.1, -0.05) is 18.5 Å². The first-order chi connectivity index (χ1) is 6.13. The van der Waals surface area contributed by atoms with Crippen molar-refractivity contribution in [2.24, 2.45) is 0 Å². The molecule has 1 heterocycles. The Hall–Kier alpha value is -0.870. The number of carbonyl (C=O) groups excluding carboxylic acids is 1. The van der Waals surface area contributed by atoms with Crippen molar-refractivity contribution in [1.82, 2.24) is 9.97 Å². The van der Waals surface area contributed by atoms with Crippen LogP contribution < -0.4 is 4.74 Å². The Labute approximate surface area is 84.8 Å². The fraction of sp³-hybridized carbons (Fsp3) is 0.286. The molecule has 70 valence electrons. The summed E-state index contributed by atoms with van der Waals surface area (Å²) < 4.78 is 4.79. The highest BCUT2D eigenvalue weighted by Crippen LogP contribution is 2.22. The van der Waals surface area contributed by atoms with Crippen molar-refractivity contribution in [3.05, 3.63) is 16.6 Å². The van der Waals surface area contributed by atoms with Crippen molar-refractivity contribution in [2.75, 3.05) is 0 Å². The van der Waals surface area contributed by atoms with Gasteiger partial charge in [0.2, 0.25) is 5.28 Å². The van der Waals surface area contributed by atoms with E-state index in [-0.39, 0.29) is 22.6 Å². The quantitative estimate of drug-likeness (QED) is 0.436. The second-order valence-electron chi connectivity index (χ2n) is 2.12. The van der Waals surface area contributed by atoms with Gasteiger partial charge >= 0.3 is 5.97 Å². The lowest BCUT2D eigenvalue weighted by Gasteiger charge is -2.02. The number of ether oxygens (including phenoxy) is 1. The summed E-state index contributed by atoms with van der Waals surface area (Å²) in [6.07, 6.45) is 1.52. The predicted octanol–water partition coefficient (Wildman–Crippen LogP) is 2.10. The minimum absolute atomic E-state index is 0.0151. The van der Waals surface area contributed by atoms with Gasteiger partial charge in [-0.25, -0.2) is 9.97 Å². The van der Waals surface area contributed by atoms with Gasteiger partial charge in [0, 0.05) is 6.42 Å². The minimum Gasteiger partial charge on any atom is -0.422 e. The summed E-state index contributed by atoms with van der Waals surface area (Å²) in [7, 11) is 0. The van der Waals surface area contributed by atoms with Crippen LogP contribution in [0.15, 0.2) is 6.20 Å². The maximum Gasteiger partial charge on any atom is 0.311 e. The first-order valence-electron chi connectivity index (χ1n) is 3.52. The Kier molecular flexibility index (Phi) is 3.45. The minimum atomic E-state index is -0.396. The van der Waals surface area contributed by atoms with Crippen LogP contribution in [0, 0.1) is 0 Å². The van der Waals surface area contributed by atoms with E-state index in [0.717, 1.165) is 0 Å². The van der Waals surface area contributed by atoms with Gasteiger partial charge in [-0.2, -0.15) is 0 Å². The molecule has 1 rings (SSSR count). The Morgan fingerprint density at radius 2 is 2.31 bits per heavy atom. The van der Waals surface area contributed by atoms with Gasteiger partial charge in [-0.3, -0.25) is 4.79 Å². The van der Waals surface area contributed by atoms with Crippen LogP contribution in [0.2, 0.25) is 10.4 Å². The molecule has 0 bridgehead atoms. The van der Waals surface area contributed by atoms with Gasteiger partial charge in [0.25, 0.3) is 0 Å². The Morgan fingerprint density at radius 3 is 2.85 bits per heavy atom. The van der Waals surface area contributed by atoms with E-state index in [1.807, 2.05) is 0 Å². The Morgan fingerprint density at radius 1 is 1.62 bits per heavy atom. The Balaban J connectivity index is 2.83. The van der Waals surface area contributed by atoms with Gasteiger partial charge in [-0.15, -0.1) is 0 Å². The number of halogens is 2. The third-order valence-corrected chi connectivity index (χ3v) is 1.65. The molecule has 0 fully saturated rings. The van der Waals surface area contributed by atoms with E-state index in [1.165, 1.54) is 6.20 Å². The average molecular weight is 221 g/mol. The zero-order valence-corrected chi connectivity index (χ0v) is 8.26. The number of rotatable bonds is 2. The largest absolute Gasteiger partial charge is 0.422 e. The number of hydrogen-bond acceptors (Lipinski definition) is 4. The van der Waals surface area contributed by atoms with Crippen molar-refractivity contribution in [1.29, 1.82) is 0 Å². The van der Waals surface area contributed by atoms with Crippen molar-refractivity contribution >= 4 is 29.2 Å². The highest BCUT2D eigenvalue weighted by Gasteiger charge is 2.08. The smallest absolute Gasteiger partial charge is 0.311 e. The summed E-state index contributed by atoms with van der Waals surface area (Å²) >= 11 is 11.1. The monoisotopic (exact) mass is 220 g/mol. The van der Waals surface area contributed by atoms with E-state index in [0.29, 0.717) is 0 Å². The summed E-state index contributed by atoms with van der Waals surface area (Å²) in [6, 6.07) is 0. The second kappa shape index (κ2) is 4.39. The lowest BCUT2D eigenvalue weighted by atomic mass is 10.5. The molecule has 4 nitrogen and oxygen atoms in total. The van der Waals surface area contributed by atoms with Gasteiger partial charge in [-0.05, 0) is 11.6 Å². The highest BCUT2D eigenvalue weighted by atomic mass is 35.5. The van der Waals surface area contributed by atoms with Crippen molar-refractivity contribution in [2.45, 2.75) is 13.3 Å². The van der Waals surface area contributed by atoms with Crippen molar-refractivity contribution < 1.29 is 9.53 Å². The van der Waals surface area contributed by atoms with E-state index < -0.39 is 5.97 Å². The molecular weight excluding hydrogens is 215 g/mol. The highest BCUT2D eigenvalue weighted by molar-refractivity contribution is 6.32. The molecule has 0 atom stereocenters. The fourth-order valence-electron chi connectivity index (χ4n) is 0.593. The molecule has 0 aliphatic carbocycles. The van der Waals surface area contributed by atoms with Crippen LogP contribution in [-0.4, -0.2) is 15.9 Å². The summed E-state index contributed by atoms with van der Waals surface area (Å²) in [6.45, 7) is 1.67. The molecule has 0 spiro atoms. The normalized spacial score (nSPS) is 9.77. The summed E-state index contributed by atoms with van der Waals surface area (Å²) in [4.78, 5) is 18.1. The molecule has 0 aromatic carbocycles. The molecule has 0 saturated heterocycles. The molecular formula is C7H6Cl2N2O2. The van der Waals surface area contributed by atoms with Crippen LogP contribution >= 0.6 is 23.2 Å². The van der Waals surface area contributed by atoms with Gasteiger partial charge in [0.15, 0.2) is 10.9 Å². The molecule has 1 aromatic rings. The molecule has 1 aromatic heterocycles. The van der Waals surface area contributed by atoms with E-state index in [2.05, 4.69) is 9.97 Å². The molecule has 0 aliphatic rings. The summed E-state index contributed by atoms with van der Waals surface area (Å²) in [5.41, 5.74) is 0. The van der Waals surface area contributed by atoms with E-state index in [4.69, 9.17) is 27.9 Å². The van der Waals surface area contributed by atoms with E-state index in [1.54, 1.807) is 6.92 Å². The standard InChI is InChI=1S/C7H6Cl2N2O2/c1-2-5(12)13-4-3-10-7(9)11-6(4)8/h3H,2H2,1H3. The van der Waals surface area contributed by atoms with Crippen LogP contribution in [-0.2, 0) is 4.79 Å². The number of carbonyl (C=O) groups is 1. The molecule has 0 aliphatic heterocycles. The van der Waals surface area contributed by atoms with Crippen LogP contribution in [0.4, 0.5) is 0 Å². The third-order valence-electron chi connectivity index (χ3n) is 1.19. The van der Waals surface area contributed by atoms with Gasteiger partial charge in [0.1, 0.15) is 0 Å². The summed E-state index contributed by atoms with van der Waals surface area (Å²) in [5.74, 6) is -0.272. The van der Waals surface area contributed by atoms with E-state index >= 15 is 0 Å². The molecule has 13 heavy (non-hydrogen) atoms. The van der Waals surface area contributed by atoms with Gasteiger partial charge < -0.3 is 4.74 Å². The average Bonchev–Trinajstić information content (AvgIpc) is 2.09. The first kappa shape index (κ1) is 10.2.